The Labute approximate surface area is 120 Å². The lowest BCUT2D eigenvalue weighted by molar-refractivity contribution is 0.102. The summed E-state index contributed by atoms with van der Waals surface area (Å²) in [5.41, 5.74) is 0.758. The number of sulfone groups is 1. The third kappa shape index (κ3) is 3.17. The number of nitrogens with one attached hydrogen (secondary N) is 1. The van der Waals surface area contributed by atoms with Gasteiger partial charge in [-0.1, -0.05) is 11.6 Å². The lowest BCUT2D eigenvalue weighted by Crippen LogP contribution is -2.13. The van der Waals surface area contributed by atoms with Crippen molar-refractivity contribution in [1.82, 2.24) is 4.98 Å². The number of nitrogens with zero attached hydrogens (tertiary/aromatic N) is 1. The van der Waals surface area contributed by atoms with E-state index in [0.29, 0.717) is 5.69 Å². The molecule has 1 aromatic heterocycles. The summed E-state index contributed by atoms with van der Waals surface area (Å²) >= 11 is 5.93. The van der Waals surface area contributed by atoms with E-state index in [0.717, 1.165) is 6.26 Å². The van der Waals surface area contributed by atoms with Crippen molar-refractivity contribution in [2.45, 2.75) is 11.8 Å². The predicted molar refractivity (Wildman–Crippen MR) is 73.8 cm³/mol. The lowest BCUT2D eigenvalue weighted by Gasteiger charge is -2.05. The molecule has 1 N–H and O–H groups in total. The number of rotatable bonds is 3. The van der Waals surface area contributed by atoms with Crippen LogP contribution in [0.3, 0.4) is 0 Å². The van der Waals surface area contributed by atoms with Gasteiger partial charge in [-0.25, -0.2) is 8.42 Å². The van der Waals surface area contributed by atoms with Gasteiger partial charge in [-0.3, -0.25) is 10.1 Å². The molecule has 0 bridgehead atoms. The molecule has 20 heavy (non-hydrogen) atoms. The van der Waals surface area contributed by atoms with Crippen LogP contribution in [0.1, 0.15) is 16.1 Å². The zero-order chi connectivity index (χ0) is 14.9. The summed E-state index contributed by atoms with van der Waals surface area (Å²) in [5.74, 6) is -0.531. The van der Waals surface area contributed by atoms with Gasteiger partial charge >= 0.3 is 6.01 Å². The average Bonchev–Trinajstić information content (AvgIpc) is 2.73. The van der Waals surface area contributed by atoms with Crippen molar-refractivity contribution >= 4 is 33.4 Å². The van der Waals surface area contributed by atoms with Gasteiger partial charge in [0.2, 0.25) is 0 Å². The number of aromatic nitrogens is 1. The molecule has 0 aliphatic rings. The fraction of sp³-hybridized carbons (Fsp3) is 0.167. The first kappa shape index (κ1) is 14.5. The number of hydrogen-bond acceptors (Lipinski definition) is 5. The fourth-order valence-electron chi connectivity index (χ4n) is 1.49. The molecule has 0 spiro atoms. The average molecular weight is 315 g/mol. The van der Waals surface area contributed by atoms with Gasteiger partial charge in [0.25, 0.3) is 5.91 Å². The molecule has 0 aliphatic carbocycles. The molecule has 0 atom stereocenters. The van der Waals surface area contributed by atoms with Crippen molar-refractivity contribution in [3.63, 3.8) is 0 Å². The molecule has 0 fully saturated rings. The molecule has 106 valence electrons. The number of benzene rings is 1. The molecule has 2 rings (SSSR count). The Morgan fingerprint density at radius 1 is 1.40 bits per heavy atom. The first-order valence-corrected chi connectivity index (χ1v) is 7.77. The fourth-order valence-corrected chi connectivity index (χ4v) is 2.46. The lowest BCUT2D eigenvalue weighted by atomic mass is 10.2. The van der Waals surface area contributed by atoms with Crippen molar-refractivity contribution in [3.8, 4) is 0 Å². The van der Waals surface area contributed by atoms with E-state index in [4.69, 9.17) is 16.0 Å². The van der Waals surface area contributed by atoms with Crippen LogP contribution in [0.15, 0.2) is 33.8 Å². The summed E-state index contributed by atoms with van der Waals surface area (Å²) in [6.07, 6.45) is 2.46. The smallest absolute Gasteiger partial charge is 0.301 e. The van der Waals surface area contributed by atoms with E-state index in [1.165, 1.54) is 24.5 Å². The molecule has 1 amide bonds. The van der Waals surface area contributed by atoms with E-state index < -0.39 is 15.7 Å². The standard InChI is InChI=1S/C12H11ClN2O4S/c1-7-6-19-12(14-7)15-11(16)9-4-3-8(5-10(9)13)20(2,17)18/h3-6H,1-2H3,(H,14,15,16). The van der Waals surface area contributed by atoms with Gasteiger partial charge in [-0.15, -0.1) is 0 Å². The van der Waals surface area contributed by atoms with E-state index in [9.17, 15) is 13.2 Å². The number of hydrogen-bond donors (Lipinski definition) is 1. The molecule has 0 radical (unpaired) electrons. The molecule has 1 aromatic carbocycles. The Bertz CT molecular complexity index is 768. The molecular formula is C12H11ClN2O4S. The zero-order valence-electron chi connectivity index (χ0n) is 10.7. The third-order valence-electron chi connectivity index (χ3n) is 2.45. The highest BCUT2D eigenvalue weighted by Gasteiger charge is 2.16. The molecule has 6 nitrogen and oxygen atoms in total. The van der Waals surface area contributed by atoms with E-state index in [-0.39, 0.29) is 21.5 Å². The molecule has 0 saturated carbocycles. The summed E-state index contributed by atoms with van der Waals surface area (Å²) in [7, 11) is -3.37. The maximum absolute atomic E-state index is 12.0. The zero-order valence-corrected chi connectivity index (χ0v) is 12.2. The van der Waals surface area contributed by atoms with Crippen LogP contribution in [0.5, 0.6) is 0 Å². The van der Waals surface area contributed by atoms with Gasteiger partial charge in [0.1, 0.15) is 6.26 Å². The quantitative estimate of drug-likeness (QED) is 0.938. The number of carbonyl (C=O) groups excluding carboxylic acids is 1. The molecule has 2 aromatic rings. The SMILES string of the molecule is Cc1coc(NC(=O)c2ccc(S(C)(=O)=O)cc2Cl)n1. The predicted octanol–water partition coefficient (Wildman–Crippen LogP) is 2.29. The second-order valence-electron chi connectivity index (χ2n) is 4.16. The van der Waals surface area contributed by atoms with Crippen LogP contribution < -0.4 is 5.32 Å². The van der Waals surface area contributed by atoms with Crippen molar-refractivity contribution in [2.24, 2.45) is 0 Å². The summed E-state index contributed by atoms with van der Waals surface area (Å²) in [6, 6.07) is 3.93. The molecule has 1 heterocycles. The van der Waals surface area contributed by atoms with Crippen LogP contribution >= 0.6 is 11.6 Å². The summed E-state index contributed by atoms with van der Waals surface area (Å²) in [5, 5.41) is 2.46. The maximum Gasteiger partial charge on any atom is 0.301 e. The molecular weight excluding hydrogens is 304 g/mol. The van der Waals surface area contributed by atoms with E-state index in [1.807, 2.05) is 0 Å². The number of aryl methyl sites for hydroxylation is 1. The first-order chi connectivity index (χ1) is 9.27. The number of halogens is 1. The Hall–Kier alpha value is -1.86. The van der Waals surface area contributed by atoms with Gasteiger partial charge in [0.05, 0.1) is 21.2 Å². The van der Waals surface area contributed by atoms with E-state index >= 15 is 0 Å². The van der Waals surface area contributed by atoms with Crippen molar-refractivity contribution in [3.05, 3.63) is 40.7 Å². The van der Waals surface area contributed by atoms with Crippen LogP contribution in [0.25, 0.3) is 0 Å². The summed E-state index contributed by atoms with van der Waals surface area (Å²) < 4.78 is 27.7. The third-order valence-corrected chi connectivity index (χ3v) is 3.88. The topological polar surface area (TPSA) is 89.3 Å². The van der Waals surface area contributed by atoms with Crippen molar-refractivity contribution < 1.29 is 17.6 Å². The van der Waals surface area contributed by atoms with Gasteiger partial charge < -0.3 is 4.42 Å². The number of carbonyl (C=O) groups is 1. The number of oxazole rings is 1. The normalized spacial score (nSPS) is 11.3. The minimum atomic E-state index is -3.37. The largest absolute Gasteiger partial charge is 0.432 e. The minimum Gasteiger partial charge on any atom is -0.432 e. The Morgan fingerprint density at radius 3 is 2.60 bits per heavy atom. The Kier molecular flexibility index (Phi) is 3.82. The summed E-state index contributed by atoms with van der Waals surface area (Å²) in [6.45, 7) is 1.72. The van der Waals surface area contributed by atoms with E-state index in [2.05, 4.69) is 10.3 Å². The minimum absolute atomic E-state index is 0.0358. The summed E-state index contributed by atoms with van der Waals surface area (Å²) in [4.78, 5) is 15.9. The monoisotopic (exact) mass is 314 g/mol. The van der Waals surface area contributed by atoms with Gasteiger partial charge in [0, 0.05) is 6.26 Å². The van der Waals surface area contributed by atoms with Gasteiger partial charge in [-0.05, 0) is 25.1 Å². The Morgan fingerprint density at radius 2 is 2.10 bits per heavy atom. The second kappa shape index (κ2) is 5.26. The highest BCUT2D eigenvalue weighted by Crippen LogP contribution is 2.22. The Balaban J connectivity index is 2.27. The van der Waals surface area contributed by atoms with Crippen LogP contribution in [0.4, 0.5) is 6.01 Å². The number of amides is 1. The van der Waals surface area contributed by atoms with Gasteiger partial charge in [-0.2, -0.15) is 4.98 Å². The van der Waals surface area contributed by atoms with Crippen LogP contribution in [-0.4, -0.2) is 25.6 Å². The first-order valence-electron chi connectivity index (χ1n) is 5.50. The second-order valence-corrected chi connectivity index (χ2v) is 6.58. The van der Waals surface area contributed by atoms with Gasteiger partial charge in [0.15, 0.2) is 9.84 Å². The highest BCUT2D eigenvalue weighted by atomic mass is 35.5. The molecule has 8 heteroatoms. The highest BCUT2D eigenvalue weighted by molar-refractivity contribution is 7.90. The maximum atomic E-state index is 12.0. The van der Waals surface area contributed by atoms with E-state index in [1.54, 1.807) is 6.92 Å². The van der Waals surface area contributed by atoms with Crippen molar-refractivity contribution in [1.29, 1.82) is 0 Å². The van der Waals surface area contributed by atoms with Crippen LogP contribution in [0, 0.1) is 6.92 Å². The van der Waals surface area contributed by atoms with Crippen LogP contribution in [0.2, 0.25) is 5.02 Å². The number of anilines is 1. The van der Waals surface area contributed by atoms with Crippen LogP contribution in [-0.2, 0) is 9.84 Å². The van der Waals surface area contributed by atoms with Crippen molar-refractivity contribution in [2.75, 3.05) is 11.6 Å². The molecule has 0 unspecified atom stereocenters. The molecule has 0 aliphatic heterocycles. The molecule has 0 saturated heterocycles.